The van der Waals surface area contributed by atoms with Crippen LogP contribution in [0.25, 0.3) is 5.69 Å². The molecule has 162 valence electrons. The van der Waals surface area contributed by atoms with E-state index in [0.29, 0.717) is 13.1 Å². The van der Waals surface area contributed by atoms with Crippen molar-refractivity contribution in [1.82, 2.24) is 25.3 Å². The zero-order chi connectivity index (χ0) is 22.2. The van der Waals surface area contributed by atoms with Crippen molar-refractivity contribution in [3.8, 4) is 11.8 Å². The summed E-state index contributed by atoms with van der Waals surface area (Å²) in [5.41, 5.74) is 2.52. The number of benzene rings is 1. The van der Waals surface area contributed by atoms with E-state index in [2.05, 4.69) is 21.8 Å². The van der Waals surface area contributed by atoms with E-state index in [9.17, 15) is 14.9 Å². The minimum absolute atomic E-state index is 0.0530. The summed E-state index contributed by atoms with van der Waals surface area (Å²) in [6.07, 6.45) is 1.91. The van der Waals surface area contributed by atoms with Crippen LogP contribution in [0.15, 0.2) is 30.3 Å². The highest BCUT2D eigenvalue weighted by Gasteiger charge is 2.44. The summed E-state index contributed by atoms with van der Waals surface area (Å²) >= 11 is 0. The molecule has 2 unspecified atom stereocenters. The van der Waals surface area contributed by atoms with Gasteiger partial charge in [0, 0.05) is 24.3 Å². The second kappa shape index (κ2) is 8.16. The molecule has 2 amide bonds. The number of aromatic nitrogens is 2. The molecule has 8 heteroatoms. The molecule has 31 heavy (non-hydrogen) atoms. The van der Waals surface area contributed by atoms with Crippen LogP contribution in [0.1, 0.15) is 42.8 Å². The number of nitrogens with zero attached hydrogens (tertiary/aromatic N) is 4. The molecule has 1 saturated carbocycles. The lowest BCUT2D eigenvalue weighted by Gasteiger charge is -2.35. The molecule has 1 aromatic carbocycles. The fraction of sp³-hybridized carbons (Fsp3) is 0.478. The van der Waals surface area contributed by atoms with Gasteiger partial charge in [0.15, 0.2) is 0 Å². The topological polar surface area (TPSA) is 103 Å². The van der Waals surface area contributed by atoms with Crippen LogP contribution >= 0.6 is 0 Å². The van der Waals surface area contributed by atoms with Crippen LogP contribution in [0.2, 0.25) is 0 Å². The lowest BCUT2D eigenvalue weighted by atomic mass is 9.97. The van der Waals surface area contributed by atoms with Gasteiger partial charge in [-0.05, 0) is 51.7 Å². The van der Waals surface area contributed by atoms with Gasteiger partial charge in [-0.15, -0.1) is 0 Å². The Morgan fingerprint density at radius 2 is 2.03 bits per heavy atom. The number of para-hydroxylation sites is 1. The standard InChI is InChI=1S/C23H28N6O2/c1-15-20(16(2)29(27-15)18-7-5-4-6-8-18)21-22(31)25-11-12-28(21)13-19(30)26-23(3,14-24)17-9-10-17/h4-8,17,21H,9-13H2,1-3H3,(H,25,31)(H,26,30). The molecule has 1 aliphatic heterocycles. The van der Waals surface area contributed by atoms with E-state index in [1.54, 1.807) is 6.92 Å². The van der Waals surface area contributed by atoms with E-state index in [4.69, 9.17) is 0 Å². The fourth-order valence-electron chi connectivity index (χ4n) is 4.46. The molecular weight excluding hydrogens is 392 g/mol. The molecule has 2 N–H and O–H groups in total. The van der Waals surface area contributed by atoms with Crippen LogP contribution in [-0.4, -0.2) is 51.7 Å². The second-order valence-electron chi connectivity index (χ2n) is 8.63. The average molecular weight is 421 g/mol. The number of nitrogens with one attached hydrogen (secondary N) is 2. The second-order valence-corrected chi connectivity index (χ2v) is 8.63. The molecule has 2 heterocycles. The van der Waals surface area contributed by atoms with Gasteiger partial charge < -0.3 is 10.6 Å². The summed E-state index contributed by atoms with van der Waals surface area (Å²) in [5.74, 6) is -0.167. The number of amides is 2. The smallest absolute Gasteiger partial charge is 0.242 e. The predicted molar refractivity (Wildman–Crippen MR) is 115 cm³/mol. The van der Waals surface area contributed by atoms with E-state index in [1.807, 2.05) is 53.8 Å². The first-order valence-corrected chi connectivity index (χ1v) is 10.7. The lowest BCUT2D eigenvalue weighted by Crippen LogP contribution is -2.55. The zero-order valence-electron chi connectivity index (χ0n) is 18.2. The number of aryl methyl sites for hydroxylation is 1. The third-order valence-electron chi connectivity index (χ3n) is 6.31. The largest absolute Gasteiger partial charge is 0.353 e. The molecule has 0 radical (unpaired) electrons. The quantitative estimate of drug-likeness (QED) is 0.741. The average Bonchev–Trinajstić information content (AvgIpc) is 3.56. The maximum Gasteiger partial charge on any atom is 0.242 e. The Labute approximate surface area is 182 Å². The van der Waals surface area contributed by atoms with Gasteiger partial charge in [-0.1, -0.05) is 18.2 Å². The van der Waals surface area contributed by atoms with Crippen LogP contribution in [0.3, 0.4) is 0 Å². The Hall–Kier alpha value is -3.18. The molecule has 2 atom stereocenters. The summed E-state index contributed by atoms with van der Waals surface area (Å²) in [4.78, 5) is 27.6. The highest BCUT2D eigenvalue weighted by Crippen LogP contribution is 2.39. The molecule has 1 saturated heterocycles. The van der Waals surface area contributed by atoms with Crippen molar-refractivity contribution in [2.24, 2.45) is 5.92 Å². The summed E-state index contributed by atoms with van der Waals surface area (Å²) in [5, 5.41) is 20.1. The van der Waals surface area contributed by atoms with Gasteiger partial charge in [-0.25, -0.2) is 4.68 Å². The number of carbonyl (C=O) groups excluding carboxylic acids is 2. The maximum atomic E-state index is 12.9. The third kappa shape index (κ3) is 4.06. The number of rotatable bonds is 6. The molecule has 2 aromatic rings. The highest BCUT2D eigenvalue weighted by molar-refractivity contribution is 5.86. The zero-order valence-corrected chi connectivity index (χ0v) is 18.2. The minimum Gasteiger partial charge on any atom is -0.353 e. The van der Waals surface area contributed by atoms with Crippen molar-refractivity contribution >= 4 is 11.8 Å². The van der Waals surface area contributed by atoms with Crippen molar-refractivity contribution in [1.29, 1.82) is 5.26 Å². The van der Waals surface area contributed by atoms with E-state index < -0.39 is 11.6 Å². The summed E-state index contributed by atoms with van der Waals surface area (Å²) < 4.78 is 1.84. The number of hydrogen-bond acceptors (Lipinski definition) is 5. The van der Waals surface area contributed by atoms with Crippen LogP contribution in [0.5, 0.6) is 0 Å². The summed E-state index contributed by atoms with van der Waals surface area (Å²) in [7, 11) is 0. The highest BCUT2D eigenvalue weighted by atomic mass is 16.2. The molecule has 2 fully saturated rings. The minimum atomic E-state index is -0.853. The summed E-state index contributed by atoms with van der Waals surface area (Å²) in [6, 6.07) is 11.4. The van der Waals surface area contributed by atoms with Gasteiger partial charge in [0.1, 0.15) is 11.6 Å². The molecule has 2 aliphatic rings. The van der Waals surface area contributed by atoms with E-state index in [-0.39, 0.29) is 24.3 Å². The molecular formula is C23H28N6O2. The third-order valence-corrected chi connectivity index (χ3v) is 6.31. The van der Waals surface area contributed by atoms with Crippen molar-refractivity contribution < 1.29 is 9.59 Å². The normalized spacial score (nSPS) is 21.1. The Kier molecular flexibility index (Phi) is 5.54. The SMILES string of the molecule is Cc1nn(-c2ccccc2)c(C)c1C1C(=O)NCCN1CC(=O)NC(C)(C#N)C1CC1. The van der Waals surface area contributed by atoms with Crippen LogP contribution in [-0.2, 0) is 9.59 Å². The fourth-order valence-corrected chi connectivity index (χ4v) is 4.46. The van der Waals surface area contributed by atoms with Crippen molar-refractivity contribution in [3.63, 3.8) is 0 Å². The van der Waals surface area contributed by atoms with E-state index in [1.165, 1.54) is 0 Å². The van der Waals surface area contributed by atoms with E-state index in [0.717, 1.165) is 35.5 Å². The monoisotopic (exact) mass is 420 g/mol. The first-order valence-electron chi connectivity index (χ1n) is 10.7. The van der Waals surface area contributed by atoms with Gasteiger partial charge in [-0.3, -0.25) is 14.5 Å². The van der Waals surface area contributed by atoms with Crippen molar-refractivity contribution in [3.05, 3.63) is 47.3 Å². The van der Waals surface area contributed by atoms with Gasteiger partial charge in [0.05, 0.1) is 24.0 Å². The Morgan fingerprint density at radius 3 is 2.68 bits per heavy atom. The predicted octanol–water partition coefficient (Wildman–Crippen LogP) is 1.77. The van der Waals surface area contributed by atoms with Gasteiger partial charge in [0.2, 0.25) is 11.8 Å². The molecule has 1 aliphatic carbocycles. The van der Waals surface area contributed by atoms with Gasteiger partial charge >= 0.3 is 0 Å². The Balaban J connectivity index is 1.60. The number of hydrogen-bond donors (Lipinski definition) is 2. The number of nitriles is 1. The molecule has 8 nitrogen and oxygen atoms in total. The lowest BCUT2D eigenvalue weighted by molar-refractivity contribution is -0.132. The Morgan fingerprint density at radius 1 is 1.32 bits per heavy atom. The number of carbonyl (C=O) groups is 2. The van der Waals surface area contributed by atoms with Crippen LogP contribution < -0.4 is 10.6 Å². The first kappa shape index (κ1) is 21.1. The molecule has 0 spiro atoms. The Bertz CT molecular complexity index is 1040. The molecule has 0 bridgehead atoms. The molecule has 4 rings (SSSR count). The van der Waals surface area contributed by atoms with Crippen molar-refractivity contribution in [2.45, 2.75) is 45.2 Å². The number of piperazine rings is 1. The van der Waals surface area contributed by atoms with Gasteiger partial charge in [-0.2, -0.15) is 10.4 Å². The molecule has 1 aromatic heterocycles. The van der Waals surface area contributed by atoms with Crippen LogP contribution in [0, 0.1) is 31.1 Å². The van der Waals surface area contributed by atoms with E-state index >= 15 is 0 Å². The summed E-state index contributed by atoms with van der Waals surface area (Å²) in [6.45, 7) is 6.69. The first-order chi connectivity index (χ1) is 14.8. The maximum absolute atomic E-state index is 12.9. The van der Waals surface area contributed by atoms with Crippen LogP contribution in [0.4, 0.5) is 0 Å². The van der Waals surface area contributed by atoms with Gasteiger partial charge in [0.25, 0.3) is 0 Å². The van der Waals surface area contributed by atoms with Crippen molar-refractivity contribution in [2.75, 3.05) is 19.6 Å².